The molecule has 1 N–H and O–H groups in total. The van der Waals surface area contributed by atoms with Gasteiger partial charge in [-0.25, -0.2) is 0 Å². The van der Waals surface area contributed by atoms with Crippen molar-refractivity contribution in [2.75, 3.05) is 7.11 Å². The maximum Gasteiger partial charge on any atom is 0.261 e. The molecule has 0 bridgehead atoms. The highest BCUT2D eigenvalue weighted by molar-refractivity contribution is 6.21. The Labute approximate surface area is 192 Å². The molecular weight excluding hydrogens is 416 g/mol. The molecule has 0 saturated heterocycles. The number of methoxy groups -OCH3 is 1. The Kier molecular flexibility index (Phi) is 5.42. The predicted molar refractivity (Wildman–Crippen MR) is 123 cm³/mol. The molecule has 0 spiro atoms. The molecule has 0 aromatic heterocycles. The molecule has 1 aliphatic carbocycles. The van der Waals surface area contributed by atoms with Crippen molar-refractivity contribution in [3.05, 3.63) is 101 Å². The van der Waals surface area contributed by atoms with Crippen molar-refractivity contribution in [2.24, 2.45) is 5.92 Å². The van der Waals surface area contributed by atoms with E-state index in [0.29, 0.717) is 33.9 Å². The third kappa shape index (κ3) is 4.00. The summed E-state index contributed by atoms with van der Waals surface area (Å²) in [5.74, 6) is -0.0208. The molecule has 1 unspecified atom stereocenters. The first-order valence-corrected chi connectivity index (χ1v) is 11.0. The first-order chi connectivity index (χ1) is 16.1. The van der Waals surface area contributed by atoms with Gasteiger partial charge in [0.15, 0.2) is 0 Å². The Bertz CT molecular complexity index is 1200. The van der Waals surface area contributed by atoms with Gasteiger partial charge in [-0.2, -0.15) is 0 Å². The molecule has 3 amide bonds. The Morgan fingerprint density at radius 3 is 2.21 bits per heavy atom. The molecule has 33 heavy (non-hydrogen) atoms. The number of ether oxygens (including phenoxy) is 1. The zero-order chi connectivity index (χ0) is 22.9. The average Bonchev–Trinajstić information content (AvgIpc) is 3.67. The van der Waals surface area contributed by atoms with Crippen molar-refractivity contribution < 1.29 is 19.1 Å². The first-order valence-electron chi connectivity index (χ1n) is 11.0. The lowest BCUT2D eigenvalue weighted by Gasteiger charge is -2.20. The second-order valence-corrected chi connectivity index (χ2v) is 8.48. The number of nitrogens with zero attached hydrogens (tertiary/aromatic N) is 1. The van der Waals surface area contributed by atoms with E-state index in [9.17, 15) is 14.4 Å². The number of carbonyl (C=O) groups is 3. The van der Waals surface area contributed by atoms with Crippen LogP contribution in [0.15, 0.2) is 72.8 Å². The molecule has 3 aromatic rings. The van der Waals surface area contributed by atoms with Crippen molar-refractivity contribution in [1.29, 1.82) is 0 Å². The number of nitrogens with one attached hydrogen (secondary N) is 1. The fourth-order valence-corrected chi connectivity index (χ4v) is 4.38. The molecule has 6 heteroatoms. The molecule has 3 aromatic carbocycles. The van der Waals surface area contributed by atoms with Gasteiger partial charge in [-0.05, 0) is 54.2 Å². The van der Waals surface area contributed by atoms with Gasteiger partial charge in [0.1, 0.15) is 5.75 Å². The van der Waals surface area contributed by atoms with Crippen molar-refractivity contribution in [1.82, 2.24) is 10.2 Å². The summed E-state index contributed by atoms with van der Waals surface area (Å²) in [6, 6.07) is 21.9. The van der Waals surface area contributed by atoms with Gasteiger partial charge in [0.25, 0.3) is 17.7 Å². The number of carbonyl (C=O) groups excluding carboxylic acids is 3. The van der Waals surface area contributed by atoms with Gasteiger partial charge in [0, 0.05) is 0 Å². The number of imide groups is 1. The van der Waals surface area contributed by atoms with Gasteiger partial charge in [-0.15, -0.1) is 0 Å². The summed E-state index contributed by atoms with van der Waals surface area (Å²) < 4.78 is 5.44. The predicted octanol–water partition coefficient (Wildman–Crippen LogP) is 4.37. The monoisotopic (exact) mass is 440 g/mol. The van der Waals surface area contributed by atoms with Crippen LogP contribution in [0.2, 0.25) is 0 Å². The quantitative estimate of drug-likeness (QED) is 0.554. The number of hydrogen-bond acceptors (Lipinski definition) is 4. The number of amides is 3. The van der Waals surface area contributed by atoms with Crippen LogP contribution in [-0.4, -0.2) is 29.7 Å². The number of rotatable bonds is 7. The maximum absolute atomic E-state index is 13.3. The standard InChI is InChI=1S/C27H24N2O4/c1-33-23-14-11-17(16-29-26(31)20-9-5-6-10-21(20)27(29)32)15-22(23)25(30)28-24(19-12-13-19)18-7-3-2-4-8-18/h2-11,14-15,19,24H,12-13,16H2,1H3,(H,28,30). The molecule has 1 saturated carbocycles. The van der Waals surface area contributed by atoms with Crippen molar-refractivity contribution in [2.45, 2.75) is 25.4 Å². The van der Waals surface area contributed by atoms with Crippen molar-refractivity contribution >= 4 is 17.7 Å². The highest BCUT2D eigenvalue weighted by atomic mass is 16.5. The molecule has 1 heterocycles. The highest BCUT2D eigenvalue weighted by Crippen LogP contribution is 2.41. The number of fused-ring (bicyclic) bond motifs is 1. The van der Waals surface area contributed by atoms with E-state index in [-0.39, 0.29) is 30.3 Å². The summed E-state index contributed by atoms with van der Waals surface area (Å²) in [5.41, 5.74) is 2.95. The Morgan fingerprint density at radius 2 is 1.61 bits per heavy atom. The zero-order valence-electron chi connectivity index (χ0n) is 18.3. The third-order valence-electron chi connectivity index (χ3n) is 6.27. The SMILES string of the molecule is COc1ccc(CN2C(=O)c3ccccc3C2=O)cc1C(=O)NC(c1ccccc1)C1CC1. The largest absolute Gasteiger partial charge is 0.496 e. The van der Waals surface area contributed by atoms with Crippen molar-refractivity contribution in [3.8, 4) is 5.75 Å². The van der Waals surface area contributed by atoms with Gasteiger partial charge in [-0.3, -0.25) is 19.3 Å². The number of hydrogen-bond donors (Lipinski definition) is 1. The van der Waals surface area contributed by atoms with E-state index in [0.717, 1.165) is 18.4 Å². The summed E-state index contributed by atoms with van der Waals surface area (Å²) >= 11 is 0. The van der Waals surface area contributed by atoms with E-state index >= 15 is 0 Å². The lowest BCUT2D eigenvalue weighted by molar-refractivity contribution is 0.0642. The minimum atomic E-state index is -0.324. The molecule has 0 radical (unpaired) electrons. The van der Waals surface area contributed by atoms with Crippen LogP contribution < -0.4 is 10.1 Å². The Morgan fingerprint density at radius 1 is 0.970 bits per heavy atom. The van der Waals surface area contributed by atoms with Crippen molar-refractivity contribution in [3.63, 3.8) is 0 Å². The second-order valence-electron chi connectivity index (χ2n) is 8.48. The molecule has 6 nitrogen and oxygen atoms in total. The zero-order valence-corrected chi connectivity index (χ0v) is 18.3. The summed E-state index contributed by atoms with van der Waals surface area (Å²) in [7, 11) is 1.52. The van der Waals surface area contributed by atoms with Gasteiger partial charge in [0.05, 0.1) is 36.4 Å². The highest BCUT2D eigenvalue weighted by Gasteiger charge is 2.36. The Hall–Kier alpha value is -3.93. The fraction of sp³-hybridized carbons (Fsp3) is 0.222. The lowest BCUT2D eigenvalue weighted by Crippen LogP contribution is -2.31. The normalized spacial score (nSPS) is 15.8. The van der Waals surface area contributed by atoms with Gasteiger partial charge >= 0.3 is 0 Å². The minimum Gasteiger partial charge on any atom is -0.496 e. The van der Waals surface area contributed by atoms with E-state index in [1.54, 1.807) is 42.5 Å². The topological polar surface area (TPSA) is 75.7 Å². The van der Waals surface area contributed by atoms with E-state index < -0.39 is 0 Å². The van der Waals surface area contributed by atoms with Crippen LogP contribution in [0, 0.1) is 5.92 Å². The molecule has 1 fully saturated rings. The fourth-order valence-electron chi connectivity index (χ4n) is 4.38. The summed E-state index contributed by atoms with van der Waals surface area (Å²) in [4.78, 5) is 40.0. The summed E-state index contributed by atoms with van der Waals surface area (Å²) in [5, 5.41) is 3.17. The third-order valence-corrected chi connectivity index (χ3v) is 6.27. The van der Waals surface area contributed by atoms with Crippen LogP contribution in [-0.2, 0) is 6.54 Å². The van der Waals surface area contributed by atoms with E-state index in [4.69, 9.17) is 4.74 Å². The Balaban J connectivity index is 1.39. The van der Waals surface area contributed by atoms with Crippen LogP contribution in [0.1, 0.15) is 61.1 Å². The lowest BCUT2D eigenvalue weighted by atomic mass is 10.0. The smallest absolute Gasteiger partial charge is 0.261 e. The summed E-state index contributed by atoms with van der Waals surface area (Å²) in [6.45, 7) is 0.0847. The first kappa shape index (κ1) is 20.9. The maximum atomic E-state index is 13.3. The van der Waals surface area contributed by atoms with Crippen LogP contribution in [0.3, 0.4) is 0 Å². The molecule has 2 aliphatic rings. The van der Waals surface area contributed by atoms with Crippen LogP contribution in [0.5, 0.6) is 5.75 Å². The van der Waals surface area contributed by atoms with E-state index in [1.165, 1.54) is 12.0 Å². The van der Waals surface area contributed by atoms with Gasteiger partial charge in [0.2, 0.25) is 0 Å². The van der Waals surface area contributed by atoms with Gasteiger partial charge < -0.3 is 10.1 Å². The van der Waals surface area contributed by atoms with Gasteiger partial charge in [-0.1, -0.05) is 48.5 Å². The summed E-state index contributed by atoms with van der Waals surface area (Å²) in [6.07, 6.45) is 2.16. The van der Waals surface area contributed by atoms with Crippen LogP contribution in [0.25, 0.3) is 0 Å². The minimum absolute atomic E-state index is 0.0664. The average molecular weight is 440 g/mol. The molecule has 1 aliphatic heterocycles. The molecular formula is C27H24N2O4. The van der Waals surface area contributed by atoms with Crippen LogP contribution >= 0.6 is 0 Å². The molecule has 1 atom stereocenters. The number of benzene rings is 3. The second kappa shape index (κ2) is 8.54. The van der Waals surface area contributed by atoms with E-state index in [1.807, 2.05) is 30.3 Å². The molecule has 166 valence electrons. The van der Waals surface area contributed by atoms with Crippen LogP contribution in [0.4, 0.5) is 0 Å². The van der Waals surface area contributed by atoms with E-state index in [2.05, 4.69) is 5.32 Å². The molecule has 5 rings (SSSR count).